The Morgan fingerprint density at radius 2 is 2.14 bits per heavy atom. The normalized spacial score (nSPS) is 21.1. The molecule has 1 aliphatic rings. The first kappa shape index (κ1) is 18.4. The summed E-state index contributed by atoms with van der Waals surface area (Å²) in [6, 6.07) is 0. The number of likely N-dealkylation sites (tertiary alicyclic amines) is 1. The molecule has 0 aromatic rings. The van der Waals surface area contributed by atoms with Gasteiger partial charge in [0.15, 0.2) is 0 Å². The molecule has 1 amide bonds. The number of nitrogens with one attached hydrogen (secondary N) is 1. The number of amides is 1. The van der Waals surface area contributed by atoms with Crippen molar-refractivity contribution in [2.75, 3.05) is 38.2 Å². The van der Waals surface area contributed by atoms with Crippen molar-refractivity contribution >= 4 is 16.9 Å². The fourth-order valence-electron chi connectivity index (χ4n) is 2.43. The van der Waals surface area contributed by atoms with Crippen LogP contribution in [0.3, 0.4) is 0 Å². The van der Waals surface area contributed by atoms with E-state index in [2.05, 4.69) is 5.32 Å². The van der Waals surface area contributed by atoms with Gasteiger partial charge >= 0.3 is 6.09 Å². The predicted molar refractivity (Wildman–Crippen MR) is 87.0 cm³/mol. The minimum atomic E-state index is -0.705. The average Bonchev–Trinajstić information content (AvgIpc) is 2.36. The first-order valence-corrected chi connectivity index (χ1v) is 9.49. The number of hydrogen-bond acceptors (Lipinski definition) is 4. The van der Waals surface area contributed by atoms with Crippen molar-refractivity contribution in [2.24, 2.45) is 5.92 Å². The van der Waals surface area contributed by atoms with Gasteiger partial charge in [-0.15, -0.1) is 0 Å². The van der Waals surface area contributed by atoms with E-state index >= 15 is 0 Å². The number of rotatable bonds is 6. The number of ether oxygens (including phenoxy) is 1. The van der Waals surface area contributed by atoms with Crippen molar-refractivity contribution in [1.29, 1.82) is 0 Å². The van der Waals surface area contributed by atoms with Crippen LogP contribution in [0.25, 0.3) is 0 Å². The Hall–Kier alpha value is -0.620. The molecular weight excluding hydrogens is 288 g/mol. The van der Waals surface area contributed by atoms with Crippen molar-refractivity contribution < 1.29 is 13.7 Å². The second-order valence-corrected chi connectivity index (χ2v) is 8.32. The number of carbonyl (C=O) groups is 1. The largest absolute Gasteiger partial charge is 0.444 e. The smallest absolute Gasteiger partial charge is 0.410 e. The van der Waals surface area contributed by atoms with Crippen LogP contribution in [0.1, 0.15) is 40.0 Å². The molecule has 1 fully saturated rings. The van der Waals surface area contributed by atoms with Gasteiger partial charge in [-0.1, -0.05) is 0 Å². The molecule has 1 aliphatic heterocycles. The maximum Gasteiger partial charge on any atom is 0.410 e. The van der Waals surface area contributed by atoms with E-state index < -0.39 is 16.4 Å². The van der Waals surface area contributed by atoms with Crippen molar-refractivity contribution in [3.63, 3.8) is 0 Å². The zero-order chi connectivity index (χ0) is 15.9. The summed E-state index contributed by atoms with van der Waals surface area (Å²) in [5.74, 6) is 1.24. The van der Waals surface area contributed by atoms with E-state index in [0.717, 1.165) is 51.2 Å². The zero-order valence-corrected chi connectivity index (χ0v) is 14.6. The van der Waals surface area contributed by atoms with Crippen molar-refractivity contribution in [1.82, 2.24) is 10.2 Å². The summed E-state index contributed by atoms with van der Waals surface area (Å²) in [6.07, 6.45) is 4.65. The lowest BCUT2D eigenvalue weighted by molar-refractivity contribution is 0.0166. The number of carbonyl (C=O) groups excluding carboxylic acids is 1. The molecule has 0 aromatic carbocycles. The van der Waals surface area contributed by atoms with Crippen LogP contribution in [-0.2, 0) is 15.5 Å². The highest BCUT2D eigenvalue weighted by Crippen LogP contribution is 2.18. The van der Waals surface area contributed by atoms with Crippen LogP contribution in [0.15, 0.2) is 0 Å². The molecule has 1 rings (SSSR count). The standard InChI is InChI=1S/C15H30N2O3S/c1-15(2,3)20-14(18)17-9-5-7-13(12-17)11-16-8-6-10-21(4)19/h13,16H,5-12H2,1-4H3. The Bertz CT molecular complexity index is 355. The lowest BCUT2D eigenvalue weighted by Crippen LogP contribution is -2.45. The SMILES string of the molecule is CS(=O)CCCNCC1CCCN(C(=O)OC(C)(C)C)C1. The predicted octanol–water partition coefficient (Wildman–Crippen LogP) is 1.99. The lowest BCUT2D eigenvalue weighted by atomic mass is 9.98. The Kier molecular flexibility index (Phi) is 7.66. The number of piperidine rings is 1. The highest BCUT2D eigenvalue weighted by molar-refractivity contribution is 7.84. The Morgan fingerprint density at radius 3 is 2.76 bits per heavy atom. The summed E-state index contributed by atoms with van der Waals surface area (Å²) in [5, 5.41) is 3.40. The maximum atomic E-state index is 12.1. The van der Waals surface area contributed by atoms with Crippen LogP contribution in [0.2, 0.25) is 0 Å². The molecule has 6 heteroatoms. The summed E-state index contributed by atoms with van der Waals surface area (Å²) in [4.78, 5) is 13.9. The topological polar surface area (TPSA) is 58.6 Å². The molecule has 0 radical (unpaired) electrons. The molecule has 124 valence electrons. The van der Waals surface area contributed by atoms with Crippen LogP contribution in [0, 0.1) is 5.92 Å². The summed E-state index contributed by atoms with van der Waals surface area (Å²) < 4.78 is 16.4. The third kappa shape index (κ3) is 8.41. The van der Waals surface area contributed by atoms with Gasteiger partial charge in [0.25, 0.3) is 0 Å². The Balaban J connectivity index is 2.25. The van der Waals surface area contributed by atoms with Gasteiger partial charge in [-0.2, -0.15) is 0 Å². The lowest BCUT2D eigenvalue weighted by Gasteiger charge is -2.34. The molecule has 0 bridgehead atoms. The van der Waals surface area contributed by atoms with E-state index in [0.29, 0.717) is 5.92 Å². The fraction of sp³-hybridized carbons (Fsp3) is 0.933. The van der Waals surface area contributed by atoms with Crippen molar-refractivity contribution in [3.05, 3.63) is 0 Å². The molecule has 0 spiro atoms. The first-order chi connectivity index (χ1) is 9.78. The van der Waals surface area contributed by atoms with Crippen LogP contribution >= 0.6 is 0 Å². The fourth-order valence-corrected chi connectivity index (χ4v) is 2.98. The monoisotopic (exact) mass is 318 g/mol. The molecule has 5 nitrogen and oxygen atoms in total. The van der Waals surface area contributed by atoms with Crippen LogP contribution < -0.4 is 5.32 Å². The van der Waals surface area contributed by atoms with E-state index in [1.165, 1.54) is 0 Å². The van der Waals surface area contributed by atoms with E-state index in [-0.39, 0.29) is 6.09 Å². The molecule has 1 saturated heterocycles. The molecule has 21 heavy (non-hydrogen) atoms. The van der Waals surface area contributed by atoms with Crippen LogP contribution in [-0.4, -0.2) is 59.0 Å². The van der Waals surface area contributed by atoms with Gasteiger partial charge in [0.05, 0.1) is 0 Å². The second kappa shape index (κ2) is 8.73. The van der Waals surface area contributed by atoms with Gasteiger partial charge in [-0.3, -0.25) is 4.21 Å². The summed E-state index contributed by atoms with van der Waals surface area (Å²) >= 11 is 0. The van der Waals surface area contributed by atoms with Gasteiger partial charge < -0.3 is 15.0 Å². The Labute approximate surface area is 131 Å². The van der Waals surface area contributed by atoms with Gasteiger partial charge in [0, 0.05) is 35.9 Å². The molecule has 1 N–H and O–H groups in total. The molecule has 0 aromatic heterocycles. The van der Waals surface area contributed by atoms with E-state index in [4.69, 9.17) is 4.74 Å². The highest BCUT2D eigenvalue weighted by atomic mass is 32.2. The van der Waals surface area contributed by atoms with Crippen molar-refractivity contribution in [3.8, 4) is 0 Å². The van der Waals surface area contributed by atoms with Crippen LogP contribution in [0.4, 0.5) is 4.79 Å². The molecule has 2 atom stereocenters. The van der Waals surface area contributed by atoms with Gasteiger partial charge in [-0.25, -0.2) is 4.79 Å². The number of nitrogens with zero attached hydrogens (tertiary/aromatic N) is 1. The van der Waals surface area contributed by atoms with Gasteiger partial charge in [-0.05, 0) is 59.0 Å². The minimum absolute atomic E-state index is 0.200. The second-order valence-electron chi connectivity index (χ2n) is 6.77. The highest BCUT2D eigenvalue weighted by Gasteiger charge is 2.27. The summed E-state index contributed by atoms with van der Waals surface area (Å²) in [5.41, 5.74) is -0.432. The summed E-state index contributed by atoms with van der Waals surface area (Å²) in [7, 11) is -0.705. The molecule has 0 saturated carbocycles. The molecule has 0 aliphatic carbocycles. The quantitative estimate of drug-likeness (QED) is 0.761. The minimum Gasteiger partial charge on any atom is -0.444 e. The summed E-state index contributed by atoms with van der Waals surface area (Å²) in [6.45, 7) is 9.04. The maximum absolute atomic E-state index is 12.1. The van der Waals surface area contributed by atoms with E-state index in [1.54, 1.807) is 6.26 Å². The van der Waals surface area contributed by atoms with E-state index in [1.807, 2.05) is 25.7 Å². The van der Waals surface area contributed by atoms with Crippen molar-refractivity contribution in [2.45, 2.75) is 45.6 Å². The van der Waals surface area contributed by atoms with Gasteiger partial charge in [0.2, 0.25) is 0 Å². The average molecular weight is 318 g/mol. The third-order valence-corrected chi connectivity index (χ3v) is 4.25. The third-order valence-electron chi connectivity index (χ3n) is 3.39. The number of hydrogen-bond donors (Lipinski definition) is 1. The molecule has 2 unspecified atom stereocenters. The zero-order valence-electron chi connectivity index (χ0n) is 13.8. The molecule has 1 heterocycles. The van der Waals surface area contributed by atoms with Gasteiger partial charge in [0.1, 0.15) is 5.60 Å². The van der Waals surface area contributed by atoms with E-state index in [9.17, 15) is 9.00 Å². The van der Waals surface area contributed by atoms with Crippen LogP contribution in [0.5, 0.6) is 0 Å². The molecular formula is C15H30N2O3S. The first-order valence-electron chi connectivity index (χ1n) is 7.76. The Morgan fingerprint density at radius 1 is 1.43 bits per heavy atom.